The van der Waals surface area contributed by atoms with E-state index in [9.17, 15) is 14.7 Å². The number of phenolic OH excluding ortho intramolecular Hbond substituents is 1. The summed E-state index contributed by atoms with van der Waals surface area (Å²) >= 11 is 13.4. The summed E-state index contributed by atoms with van der Waals surface area (Å²) < 4.78 is 4.40. The Morgan fingerprint density at radius 1 is 1.09 bits per heavy atom. The summed E-state index contributed by atoms with van der Waals surface area (Å²) in [6, 6.07) is 11.0. The number of aryl methyl sites for hydroxylation is 2. The molecule has 1 fully saturated rings. The lowest BCUT2D eigenvalue weighted by molar-refractivity contribution is -0.123. The number of hydrogen-bond donors (Lipinski definition) is 2. The van der Waals surface area contributed by atoms with Crippen molar-refractivity contribution in [1.82, 2.24) is 9.69 Å². The highest BCUT2D eigenvalue weighted by atomic mass is 35.5. The fourth-order valence-electron chi connectivity index (χ4n) is 4.55. The third-order valence-corrected chi connectivity index (χ3v) is 7.91. The molecule has 1 atom stereocenters. The summed E-state index contributed by atoms with van der Waals surface area (Å²) in [6.45, 7) is 3.86. The maximum absolute atomic E-state index is 14.0. The van der Waals surface area contributed by atoms with E-state index in [0.717, 1.165) is 54.8 Å². The van der Waals surface area contributed by atoms with E-state index >= 15 is 0 Å². The lowest BCUT2D eigenvalue weighted by Gasteiger charge is -2.34. The standard InChI is InChI=1S/C26H27Cl2N3O3S/c1-15-8-13-20(16(2)14-15)31(26(34)22-21(27)24(28)35-30-22)23(17-9-11-19(32)12-10-17)25(33)29-18-6-4-3-5-7-18/h8-14,18,23,32H,3-7H2,1-2H3,(H,29,33). The monoisotopic (exact) mass is 531 g/mol. The average Bonchev–Trinajstić information content (AvgIpc) is 3.17. The fraction of sp³-hybridized carbons (Fsp3) is 0.346. The molecule has 2 N–H and O–H groups in total. The molecule has 2 amide bonds. The smallest absolute Gasteiger partial charge is 0.280 e. The van der Waals surface area contributed by atoms with Crippen molar-refractivity contribution in [2.24, 2.45) is 0 Å². The Labute approximate surface area is 219 Å². The normalized spacial score (nSPS) is 15.0. The third kappa shape index (κ3) is 5.63. The minimum Gasteiger partial charge on any atom is -0.508 e. The number of amides is 2. The van der Waals surface area contributed by atoms with Crippen LogP contribution in [0.15, 0.2) is 42.5 Å². The maximum atomic E-state index is 14.0. The summed E-state index contributed by atoms with van der Waals surface area (Å²) in [6.07, 6.45) is 5.07. The predicted molar refractivity (Wildman–Crippen MR) is 141 cm³/mol. The van der Waals surface area contributed by atoms with Gasteiger partial charge in [0.05, 0.1) is 0 Å². The number of aromatic nitrogens is 1. The number of benzene rings is 2. The topological polar surface area (TPSA) is 82.5 Å². The molecular formula is C26H27Cl2N3O3S. The molecule has 0 aliphatic heterocycles. The number of phenols is 1. The minimum atomic E-state index is -1.01. The van der Waals surface area contributed by atoms with Crippen molar-refractivity contribution in [2.75, 3.05) is 4.90 Å². The number of rotatable bonds is 6. The van der Waals surface area contributed by atoms with E-state index in [1.807, 2.05) is 32.0 Å². The SMILES string of the molecule is Cc1ccc(N(C(=O)c2nsc(Cl)c2Cl)C(C(=O)NC2CCCCC2)c2ccc(O)cc2)c(C)c1. The first-order valence-electron chi connectivity index (χ1n) is 11.6. The number of carbonyl (C=O) groups is 2. The molecule has 6 nitrogen and oxygen atoms in total. The molecule has 4 rings (SSSR count). The molecule has 0 bridgehead atoms. The van der Waals surface area contributed by atoms with Gasteiger partial charge in [0.15, 0.2) is 5.69 Å². The molecule has 1 aliphatic rings. The highest BCUT2D eigenvalue weighted by Gasteiger charge is 2.37. The van der Waals surface area contributed by atoms with Crippen molar-refractivity contribution in [3.8, 4) is 5.75 Å². The summed E-state index contributed by atoms with van der Waals surface area (Å²) in [5.41, 5.74) is 2.97. The van der Waals surface area contributed by atoms with E-state index in [4.69, 9.17) is 23.2 Å². The first kappa shape index (κ1) is 25.5. The first-order valence-corrected chi connectivity index (χ1v) is 13.1. The van der Waals surface area contributed by atoms with Crippen LogP contribution in [0.5, 0.6) is 5.75 Å². The molecule has 9 heteroatoms. The Kier molecular flexibility index (Phi) is 7.99. The summed E-state index contributed by atoms with van der Waals surface area (Å²) in [7, 11) is 0. The predicted octanol–water partition coefficient (Wildman–Crippen LogP) is 6.61. The van der Waals surface area contributed by atoms with E-state index < -0.39 is 11.9 Å². The Balaban J connectivity index is 1.85. The zero-order valence-corrected chi connectivity index (χ0v) is 21.9. The Bertz CT molecular complexity index is 1220. The van der Waals surface area contributed by atoms with Gasteiger partial charge in [-0.2, -0.15) is 4.37 Å². The van der Waals surface area contributed by atoms with Crippen LogP contribution in [0.4, 0.5) is 5.69 Å². The van der Waals surface area contributed by atoms with Crippen LogP contribution in [0.3, 0.4) is 0 Å². The van der Waals surface area contributed by atoms with Crippen molar-refractivity contribution >= 4 is 52.2 Å². The van der Waals surface area contributed by atoms with E-state index in [0.29, 0.717) is 11.3 Å². The zero-order valence-electron chi connectivity index (χ0n) is 19.6. The molecule has 1 aromatic heterocycles. The molecular weight excluding hydrogens is 505 g/mol. The second kappa shape index (κ2) is 11.0. The number of hydrogen-bond acceptors (Lipinski definition) is 5. The summed E-state index contributed by atoms with van der Waals surface area (Å²) in [5, 5.41) is 13.1. The second-order valence-corrected chi connectivity index (χ2v) is 10.7. The number of nitrogens with zero attached hydrogens (tertiary/aromatic N) is 2. The van der Waals surface area contributed by atoms with Crippen LogP contribution in [0.2, 0.25) is 9.36 Å². The summed E-state index contributed by atoms with van der Waals surface area (Å²) in [4.78, 5) is 29.3. The van der Waals surface area contributed by atoms with Crippen LogP contribution < -0.4 is 10.2 Å². The van der Waals surface area contributed by atoms with Gasteiger partial charge in [-0.05, 0) is 67.5 Å². The molecule has 1 saturated carbocycles. The van der Waals surface area contributed by atoms with Crippen molar-refractivity contribution in [1.29, 1.82) is 0 Å². The molecule has 35 heavy (non-hydrogen) atoms. The van der Waals surface area contributed by atoms with E-state index in [-0.39, 0.29) is 32.8 Å². The van der Waals surface area contributed by atoms with E-state index in [1.54, 1.807) is 12.1 Å². The van der Waals surface area contributed by atoms with Gasteiger partial charge in [-0.25, -0.2) is 0 Å². The van der Waals surface area contributed by atoms with Crippen molar-refractivity contribution in [2.45, 2.75) is 58.0 Å². The van der Waals surface area contributed by atoms with Crippen LogP contribution in [0.25, 0.3) is 0 Å². The lowest BCUT2D eigenvalue weighted by Crippen LogP contribution is -2.47. The fourth-order valence-corrected chi connectivity index (χ4v) is 5.54. The van der Waals surface area contributed by atoms with Gasteiger partial charge in [0.25, 0.3) is 5.91 Å². The number of nitrogens with one attached hydrogen (secondary N) is 1. The molecule has 184 valence electrons. The maximum Gasteiger partial charge on any atom is 0.280 e. The molecule has 3 aromatic rings. The Morgan fingerprint density at radius 2 is 1.77 bits per heavy atom. The van der Waals surface area contributed by atoms with Gasteiger partial charge in [0, 0.05) is 11.7 Å². The van der Waals surface area contributed by atoms with Crippen LogP contribution in [0, 0.1) is 13.8 Å². The molecule has 1 aliphatic carbocycles. The number of anilines is 1. The van der Waals surface area contributed by atoms with Crippen LogP contribution in [-0.4, -0.2) is 27.3 Å². The van der Waals surface area contributed by atoms with E-state index in [1.165, 1.54) is 17.0 Å². The molecule has 0 spiro atoms. The van der Waals surface area contributed by atoms with Crippen molar-refractivity contribution in [3.05, 3.63) is 74.2 Å². The van der Waals surface area contributed by atoms with Crippen LogP contribution in [0.1, 0.15) is 65.3 Å². The minimum absolute atomic E-state index is 0.00381. The number of carbonyl (C=O) groups excluding carboxylic acids is 2. The molecule has 0 radical (unpaired) electrons. The van der Waals surface area contributed by atoms with Gasteiger partial charge in [-0.1, -0.05) is 72.3 Å². The van der Waals surface area contributed by atoms with Gasteiger partial charge < -0.3 is 10.4 Å². The molecule has 0 saturated heterocycles. The van der Waals surface area contributed by atoms with Gasteiger partial charge in [0.2, 0.25) is 5.91 Å². The van der Waals surface area contributed by atoms with Crippen molar-refractivity contribution < 1.29 is 14.7 Å². The van der Waals surface area contributed by atoms with Gasteiger partial charge in [-0.15, -0.1) is 0 Å². The lowest BCUT2D eigenvalue weighted by atomic mass is 9.94. The first-order chi connectivity index (χ1) is 16.8. The quantitative estimate of drug-likeness (QED) is 0.374. The average molecular weight is 532 g/mol. The van der Waals surface area contributed by atoms with E-state index in [2.05, 4.69) is 9.69 Å². The number of aromatic hydroxyl groups is 1. The highest BCUT2D eigenvalue weighted by molar-refractivity contribution is 7.11. The van der Waals surface area contributed by atoms with Gasteiger partial charge in [-0.3, -0.25) is 14.5 Å². The van der Waals surface area contributed by atoms with Crippen molar-refractivity contribution in [3.63, 3.8) is 0 Å². The van der Waals surface area contributed by atoms with Crippen LogP contribution >= 0.6 is 34.7 Å². The second-order valence-electron chi connectivity index (χ2n) is 8.92. The van der Waals surface area contributed by atoms with Crippen LogP contribution in [-0.2, 0) is 4.79 Å². The van der Waals surface area contributed by atoms with Gasteiger partial charge in [0.1, 0.15) is 21.2 Å². The highest BCUT2D eigenvalue weighted by Crippen LogP contribution is 2.37. The Morgan fingerprint density at radius 3 is 2.37 bits per heavy atom. The largest absolute Gasteiger partial charge is 0.508 e. The Hall–Kier alpha value is -2.61. The molecule has 1 heterocycles. The number of halogens is 2. The molecule has 2 aromatic carbocycles. The van der Waals surface area contributed by atoms with Gasteiger partial charge >= 0.3 is 0 Å². The third-order valence-electron chi connectivity index (χ3n) is 6.30. The zero-order chi connectivity index (χ0) is 25.1. The molecule has 1 unspecified atom stereocenters. The summed E-state index contributed by atoms with van der Waals surface area (Å²) in [5.74, 6) is -0.755.